The van der Waals surface area contributed by atoms with Crippen molar-refractivity contribution >= 4 is 5.69 Å². The van der Waals surface area contributed by atoms with Crippen LogP contribution in [0.4, 0.5) is 5.69 Å². The van der Waals surface area contributed by atoms with E-state index < -0.39 is 0 Å². The van der Waals surface area contributed by atoms with Gasteiger partial charge in [-0.05, 0) is 25.5 Å². The fraction of sp³-hybridized carbons (Fsp3) is 0.333. The minimum absolute atomic E-state index is 0.534. The quantitative estimate of drug-likeness (QED) is 0.688. The predicted molar refractivity (Wildman–Crippen MR) is 69.0 cm³/mol. The van der Waals surface area contributed by atoms with Crippen LogP contribution in [0.2, 0.25) is 0 Å². The molecule has 82 valence electrons. The number of fused-ring (bicyclic) bond motifs is 3. The highest BCUT2D eigenvalue weighted by Crippen LogP contribution is 2.43. The van der Waals surface area contributed by atoms with Crippen LogP contribution in [-0.2, 0) is 0 Å². The molecule has 1 aliphatic heterocycles. The lowest BCUT2D eigenvalue weighted by Gasteiger charge is -2.27. The number of benzene rings is 1. The Kier molecular flexibility index (Phi) is 2.13. The van der Waals surface area contributed by atoms with Crippen molar-refractivity contribution < 1.29 is 0 Å². The molecule has 0 radical (unpaired) electrons. The summed E-state index contributed by atoms with van der Waals surface area (Å²) in [4.78, 5) is 2.50. The maximum absolute atomic E-state index is 2.50. The van der Waals surface area contributed by atoms with Crippen LogP contribution in [0.5, 0.6) is 0 Å². The molecule has 0 saturated heterocycles. The van der Waals surface area contributed by atoms with E-state index in [4.69, 9.17) is 0 Å². The van der Waals surface area contributed by atoms with Crippen LogP contribution in [-0.4, -0.2) is 12.6 Å². The van der Waals surface area contributed by atoms with Crippen LogP contribution in [0.3, 0.4) is 0 Å². The van der Waals surface area contributed by atoms with Crippen LogP contribution in [0.15, 0.2) is 42.5 Å². The Hall–Kier alpha value is -1.50. The summed E-state index contributed by atoms with van der Waals surface area (Å²) in [7, 11) is 0. The van der Waals surface area contributed by atoms with Gasteiger partial charge in [0.2, 0.25) is 0 Å². The first kappa shape index (κ1) is 9.71. The largest absolute Gasteiger partial charge is 0.364 e. The van der Waals surface area contributed by atoms with Gasteiger partial charge < -0.3 is 4.90 Å². The molecule has 0 aromatic heterocycles. The number of allylic oxidation sites excluding steroid dienone is 2. The highest BCUT2D eigenvalue weighted by molar-refractivity contribution is 5.66. The van der Waals surface area contributed by atoms with Gasteiger partial charge >= 0.3 is 0 Å². The van der Waals surface area contributed by atoms with E-state index in [-0.39, 0.29) is 0 Å². The Bertz CT molecular complexity index is 470. The van der Waals surface area contributed by atoms with Gasteiger partial charge in [0.05, 0.1) is 6.04 Å². The van der Waals surface area contributed by atoms with Gasteiger partial charge in [-0.15, -0.1) is 0 Å². The second-order valence-corrected chi connectivity index (χ2v) is 4.63. The topological polar surface area (TPSA) is 3.24 Å². The van der Waals surface area contributed by atoms with Gasteiger partial charge in [0.1, 0.15) is 0 Å². The van der Waals surface area contributed by atoms with E-state index in [1.54, 1.807) is 0 Å². The Morgan fingerprint density at radius 1 is 1.19 bits per heavy atom. The molecule has 16 heavy (non-hydrogen) atoms. The summed E-state index contributed by atoms with van der Waals surface area (Å²) >= 11 is 0. The fourth-order valence-electron chi connectivity index (χ4n) is 2.93. The van der Waals surface area contributed by atoms with Crippen molar-refractivity contribution in [3.63, 3.8) is 0 Å². The first-order valence-electron chi connectivity index (χ1n) is 6.03. The van der Waals surface area contributed by atoms with E-state index in [1.807, 2.05) is 0 Å². The molecule has 2 unspecified atom stereocenters. The third-order valence-electron chi connectivity index (χ3n) is 3.66. The molecule has 0 fully saturated rings. The highest BCUT2D eigenvalue weighted by Gasteiger charge is 2.35. The van der Waals surface area contributed by atoms with E-state index in [1.165, 1.54) is 16.8 Å². The Morgan fingerprint density at radius 2 is 2.00 bits per heavy atom. The molecular weight excluding hydrogens is 194 g/mol. The number of rotatable bonds is 1. The molecule has 0 bridgehead atoms. The molecule has 0 saturated carbocycles. The normalized spacial score (nSPS) is 25.8. The van der Waals surface area contributed by atoms with Crippen molar-refractivity contribution in [3.05, 3.63) is 53.6 Å². The number of hydrogen-bond donors (Lipinski definition) is 0. The molecular formula is C15H17N. The van der Waals surface area contributed by atoms with Crippen molar-refractivity contribution in [1.29, 1.82) is 0 Å². The minimum atomic E-state index is 0.534. The van der Waals surface area contributed by atoms with Crippen molar-refractivity contribution in [2.75, 3.05) is 11.4 Å². The summed E-state index contributed by atoms with van der Waals surface area (Å²) in [5.74, 6) is 0.555. The summed E-state index contributed by atoms with van der Waals surface area (Å²) in [6.07, 6.45) is 9.00. The second-order valence-electron chi connectivity index (χ2n) is 4.63. The first-order chi connectivity index (χ1) is 7.81. The van der Waals surface area contributed by atoms with E-state index in [9.17, 15) is 0 Å². The highest BCUT2D eigenvalue weighted by atomic mass is 15.2. The third kappa shape index (κ3) is 1.24. The van der Waals surface area contributed by atoms with Gasteiger partial charge in [-0.1, -0.05) is 42.0 Å². The second kappa shape index (κ2) is 3.51. The average Bonchev–Trinajstić information content (AvgIpc) is 2.62. The van der Waals surface area contributed by atoms with Gasteiger partial charge in [0.15, 0.2) is 0 Å². The lowest BCUT2D eigenvalue weighted by atomic mass is 9.91. The minimum Gasteiger partial charge on any atom is -0.364 e. The molecule has 1 heterocycles. The summed E-state index contributed by atoms with van der Waals surface area (Å²) in [5.41, 5.74) is 4.27. The Morgan fingerprint density at radius 3 is 2.81 bits per heavy atom. The number of hydrogen-bond acceptors (Lipinski definition) is 1. The van der Waals surface area contributed by atoms with Crippen LogP contribution in [0, 0.1) is 6.92 Å². The standard InChI is InChI=1S/C15H17N/c1-3-16-14-7-5-4-6-12(14)13-10-11(2)8-9-15(13)16/h4-10,12,14H,3H2,1-2H3. The molecule has 0 amide bonds. The van der Waals surface area contributed by atoms with Gasteiger partial charge in [-0.3, -0.25) is 0 Å². The third-order valence-corrected chi connectivity index (χ3v) is 3.66. The molecule has 3 rings (SSSR count). The number of aryl methyl sites for hydroxylation is 1. The molecule has 1 nitrogen and oxygen atoms in total. The van der Waals surface area contributed by atoms with Crippen molar-refractivity contribution in [2.24, 2.45) is 0 Å². The molecule has 1 aromatic carbocycles. The van der Waals surface area contributed by atoms with Crippen LogP contribution < -0.4 is 4.90 Å². The zero-order valence-corrected chi connectivity index (χ0v) is 9.85. The Balaban J connectivity index is 2.15. The SMILES string of the molecule is CCN1c2ccc(C)cc2C2C=CC=CC21. The molecule has 0 spiro atoms. The maximum atomic E-state index is 2.50. The maximum Gasteiger partial charge on any atom is 0.0580 e. The number of likely N-dealkylation sites (N-methyl/N-ethyl adjacent to an activating group) is 1. The first-order valence-corrected chi connectivity index (χ1v) is 6.03. The molecule has 2 atom stereocenters. The van der Waals surface area contributed by atoms with E-state index in [0.29, 0.717) is 12.0 Å². The predicted octanol–water partition coefficient (Wildman–Crippen LogP) is 3.41. The van der Waals surface area contributed by atoms with Crippen molar-refractivity contribution in [1.82, 2.24) is 0 Å². The fourth-order valence-corrected chi connectivity index (χ4v) is 2.93. The molecule has 2 aliphatic rings. The molecule has 0 N–H and O–H groups in total. The monoisotopic (exact) mass is 211 g/mol. The van der Waals surface area contributed by atoms with Crippen LogP contribution >= 0.6 is 0 Å². The summed E-state index contributed by atoms with van der Waals surface area (Å²) in [6.45, 7) is 5.49. The average molecular weight is 211 g/mol. The summed E-state index contributed by atoms with van der Waals surface area (Å²) in [5, 5.41) is 0. The van der Waals surface area contributed by atoms with Gasteiger partial charge in [-0.2, -0.15) is 0 Å². The lowest BCUT2D eigenvalue weighted by Crippen LogP contribution is -2.32. The van der Waals surface area contributed by atoms with Gasteiger partial charge in [0.25, 0.3) is 0 Å². The zero-order chi connectivity index (χ0) is 11.1. The van der Waals surface area contributed by atoms with E-state index in [0.717, 1.165) is 6.54 Å². The lowest BCUT2D eigenvalue weighted by molar-refractivity contribution is 0.688. The van der Waals surface area contributed by atoms with E-state index in [2.05, 4.69) is 61.3 Å². The zero-order valence-electron chi connectivity index (χ0n) is 9.85. The van der Waals surface area contributed by atoms with Crippen molar-refractivity contribution in [3.8, 4) is 0 Å². The summed E-state index contributed by atoms with van der Waals surface area (Å²) < 4.78 is 0. The number of nitrogens with zero attached hydrogens (tertiary/aromatic N) is 1. The van der Waals surface area contributed by atoms with Gasteiger partial charge in [0, 0.05) is 18.2 Å². The van der Waals surface area contributed by atoms with E-state index >= 15 is 0 Å². The molecule has 1 heteroatoms. The smallest absolute Gasteiger partial charge is 0.0580 e. The van der Waals surface area contributed by atoms with Crippen LogP contribution in [0.25, 0.3) is 0 Å². The summed E-state index contributed by atoms with van der Waals surface area (Å²) in [6, 6.07) is 7.36. The van der Waals surface area contributed by atoms with Crippen LogP contribution in [0.1, 0.15) is 24.0 Å². The van der Waals surface area contributed by atoms with Gasteiger partial charge in [-0.25, -0.2) is 0 Å². The number of anilines is 1. The molecule has 1 aliphatic carbocycles. The van der Waals surface area contributed by atoms with Crippen molar-refractivity contribution in [2.45, 2.75) is 25.8 Å². The Labute approximate surface area is 97.1 Å². The molecule has 1 aromatic rings.